The monoisotopic (exact) mass is 611 g/mol. The highest BCUT2D eigenvalue weighted by Crippen LogP contribution is 2.36. The molecule has 2 heterocycles. The first-order valence-electron chi connectivity index (χ1n) is 12.2. The molecule has 0 bridgehead atoms. The van der Waals surface area contributed by atoms with Gasteiger partial charge in [-0.3, -0.25) is 4.90 Å². The molecule has 0 aliphatic carbocycles. The number of benzene rings is 2. The number of allylic oxidation sites excluding steroid dienone is 1. The van der Waals surface area contributed by atoms with Crippen molar-refractivity contribution in [2.75, 3.05) is 43.5 Å². The third-order valence-corrected chi connectivity index (χ3v) is 8.34. The number of aromatic nitrogens is 2. The Balaban J connectivity index is 1.44. The van der Waals surface area contributed by atoms with E-state index in [2.05, 4.69) is 36.1 Å². The molecule has 3 N–H and O–H groups in total. The largest absolute Gasteiger partial charge is 0.437 e. The van der Waals surface area contributed by atoms with Gasteiger partial charge in [-0.05, 0) is 82.4 Å². The van der Waals surface area contributed by atoms with Crippen LogP contribution in [0.3, 0.4) is 0 Å². The first-order chi connectivity index (χ1) is 18.5. The van der Waals surface area contributed by atoms with Crippen LogP contribution in [0, 0.1) is 25.2 Å². The molecule has 1 saturated heterocycles. The molecule has 1 aliphatic heterocycles. The normalized spacial score (nSPS) is 14.8. The maximum atomic E-state index is 11.7. The van der Waals surface area contributed by atoms with Gasteiger partial charge in [0.15, 0.2) is 0 Å². The van der Waals surface area contributed by atoms with Crippen molar-refractivity contribution < 1.29 is 13.2 Å². The number of rotatable bonds is 8. The number of ether oxygens (including phenoxy) is 1. The topological polar surface area (TPSA) is 137 Å². The quantitative estimate of drug-likeness (QED) is 0.350. The Morgan fingerprint density at radius 3 is 2.36 bits per heavy atom. The third kappa shape index (κ3) is 7.33. The van der Waals surface area contributed by atoms with Gasteiger partial charge in [0, 0.05) is 44.5 Å². The van der Waals surface area contributed by atoms with Crippen molar-refractivity contribution in [3.8, 4) is 17.7 Å². The number of nitrogens with zero attached hydrogens (tertiary/aromatic N) is 5. The van der Waals surface area contributed by atoms with Crippen LogP contribution >= 0.6 is 15.9 Å². The predicted octanol–water partition coefficient (Wildman–Crippen LogP) is 4.59. The lowest BCUT2D eigenvalue weighted by Crippen LogP contribution is -2.47. The molecular weight excluding hydrogens is 582 g/mol. The van der Waals surface area contributed by atoms with Gasteiger partial charge in [0.2, 0.25) is 21.9 Å². The minimum atomic E-state index is -3.14. The first-order valence-corrected chi connectivity index (χ1v) is 14.9. The molecular formula is C27H30BrN7O3S. The first kappa shape index (κ1) is 28.5. The van der Waals surface area contributed by atoms with E-state index in [1.54, 1.807) is 6.08 Å². The van der Waals surface area contributed by atoms with Crippen LogP contribution in [0.4, 0.5) is 17.5 Å². The van der Waals surface area contributed by atoms with Gasteiger partial charge in [-0.15, -0.1) is 0 Å². The number of nitrogen functional groups attached to an aromatic ring is 1. The Morgan fingerprint density at radius 2 is 1.77 bits per heavy atom. The van der Waals surface area contributed by atoms with Crippen molar-refractivity contribution in [1.29, 1.82) is 5.26 Å². The van der Waals surface area contributed by atoms with Crippen LogP contribution in [-0.4, -0.2) is 60.0 Å². The zero-order chi connectivity index (χ0) is 28.2. The number of halogens is 1. The van der Waals surface area contributed by atoms with Gasteiger partial charge in [-0.25, -0.2) is 8.42 Å². The van der Waals surface area contributed by atoms with E-state index in [0.29, 0.717) is 42.3 Å². The van der Waals surface area contributed by atoms with Crippen molar-refractivity contribution in [2.45, 2.75) is 20.4 Å². The summed E-state index contributed by atoms with van der Waals surface area (Å²) in [5.41, 5.74) is 10.7. The van der Waals surface area contributed by atoms with E-state index in [1.807, 2.05) is 56.3 Å². The summed E-state index contributed by atoms with van der Waals surface area (Å²) in [5.74, 6) is 1.45. The highest BCUT2D eigenvalue weighted by molar-refractivity contribution is 9.10. The van der Waals surface area contributed by atoms with Crippen LogP contribution in [0.25, 0.3) is 6.08 Å². The average molecular weight is 613 g/mol. The maximum absolute atomic E-state index is 11.7. The van der Waals surface area contributed by atoms with Crippen LogP contribution in [0.1, 0.15) is 22.3 Å². The fourth-order valence-corrected chi connectivity index (χ4v) is 5.42. The molecule has 204 valence electrons. The Morgan fingerprint density at radius 1 is 1.13 bits per heavy atom. The molecule has 0 unspecified atom stereocenters. The maximum Gasteiger partial charge on any atom is 0.240 e. The Bertz CT molecular complexity index is 1510. The molecule has 0 spiro atoms. The second kappa shape index (κ2) is 12.1. The summed E-state index contributed by atoms with van der Waals surface area (Å²) in [7, 11) is -3.14. The Kier molecular flexibility index (Phi) is 8.87. The van der Waals surface area contributed by atoms with Gasteiger partial charge >= 0.3 is 0 Å². The number of nitrogens with two attached hydrogens (primary N) is 1. The zero-order valence-corrected chi connectivity index (χ0v) is 24.4. The molecule has 2 aromatic carbocycles. The van der Waals surface area contributed by atoms with Crippen molar-refractivity contribution in [3.05, 3.63) is 69.2 Å². The van der Waals surface area contributed by atoms with E-state index < -0.39 is 10.0 Å². The number of nitrogens with one attached hydrogen (secondary N) is 1. The second-order valence-corrected chi connectivity index (χ2v) is 12.1. The Hall–Kier alpha value is -3.50. The lowest BCUT2D eigenvalue weighted by atomic mass is 10.1. The van der Waals surface area contributed by atoms with Crippen LogP contribution in [-0.2, 0) is 16.6 Å². The summed E-state index contributed by atoms with van der Waals surface area (Å²) >= 11 is 3.44. The zero-order valence-electron chi connectivity index (χ0n) is 22.0. The van der Waals surface area contributed by atoms with Crippen LogP contribution in [0.2, 0.25) is 0 Å². The highest BCUT2D eigenvalue weighted by Gasteiger charge is 2.23. The lowest BCUT2D eigenvalue weighted by Gasteiger charge is -2.33. The summed E-state index contributed by atoms with van der Waals surface area (Å²) in [6.45, 7) is 6.99. The summed E-state index contributed by atoms with van der Waals surface area (Å²) in [6.07, 6.45) is 4.43. The standard InChI is InChI=1S/C27H30BrN7O3S/c1-18-15-21(5-4-10-29)16-19(2)24(18)38-26-23(28)25(30)32-27(33-26)31-22-8-6-20(7-9-22)17-34-11-13-35(14-12-34)39(3,36)37/h4-9,15-16H,11-14,17H2,1-3H3,(H3,30,31,32,33)/b5-4+. The number of hydrogen-bond donors (Lipinski definition) is 2. The van der Waals surface area contributed by atoms with E-state index >= 15 is 0 Å². The highest BCUT2D eigenvalue weighted by atomic mass is 79.9. The molecule has 0 amide bonds. The molecule has 0 radical (unpaired) electrons. The molecule has 39 heavy (non-hydrogen) atoms. The van der Waals surface area contributed by atoms with E-state index in [1.165, 1.54) is 16.6 Å². The van der Waals surface area contributed by atoms with Crippen LogP contribution in [0.15, 0.2) is 46.9 Å². The van der Waals surface area contributed by atoms with E-state index in [0.717, 1.165) is 34.5 Å². The number of anilines is 3. The molecule has 0 atom stereocenters. The fraction of sp³-hybridized carbons (Fsp3) is 0.296. The van der Waals surface area contributed by atoms with Crippen molar-refractivity contribution in [1.82, 2.24) is 19.2 Å². The van der Waals surface area contributed by atoms with Gasteiger partial charge in [0.1, 0.15) is 16.0 Å². The molecule has 1 aliphatic rings. The Labute approximate surface area is 237 Å². The number of nitriles is 1. The van der Waals surface area contributed by atoms with Gasteiger partial charge in [0.05, 0.1) is 12.3 Å². The summed E-state index contributed by atoms with van der Waals surface area (Å²) in [5, 5.41) is 12.0. The second-order valence-electron chi connectivity index (χ2n) is 9.36. The van der Waals surface area contributed by atoms with Crippen LogP contribution < -0.4 is 15.8 Å². The van der Waals surface area contributed by atoms with Crippen LogP contribution in [0.5, 0.6) is 11.6 Å². The SMILES string of the molecule is Cc1cc(/C=C/C#N)cc(C)c1Oc1nc(Nc2ccc(CN3CCN(S(C)(=O)=O)CC3)cc2)nc(N)c1Br. The fourth-order valence-electron chi connectivity index (χ4n) is 4.34. The van der Waals surface area contributed by atoms with E-state index in [4.69, 9.17) is 15.7 Å². The summed E-state index contributed by atoms with van der Waals surface area (Å²) in [6, 6.07) is 13.8. The third-order valence-electron chi connectivity index (χ3n) is 6.29. The van der Waals surface area contributed by atoms with E-state index in [-0.39, 0.29) is 11.7 Å². The molecule has 1 aromatic heterocycles. The number of sulfonamides is 1. The van der Waals surface area contributed by atoms with E-state index in [9.17, 15) is 8.42 Å². The van der Waals surface area contributed by atoms with Crippen molar-refractivity contribution >= 4 is 49.5 Å². The summed E-state index contributed by atoms with van der Waals surface area (Å²) in [4.78, 5) is 11.1. The molecule has 1 fully saturated rings. The predicted molar refractivity (Wildman–Crippen MR) is 156 cm³/mol. The van der Waals surface area contributed by atoms with Crippen molar-refractivity contribution in [2.24, 2.45) is 0 Å². The van der Waals surface area contributed by atoms with Crippen molar-refractivity contribution in [3.63, 3.8) is 0 Å². The number of aryl methyl sites for hydroxylation is 2. The smallest absolute Gasteiger partial charge is 0.240 e. The van der Waals surface area contributed by atoms with Gasteiger partial charge in [0.25, 0.3) is 0 Å². The molecule has 4 rings (SSSR count). The molecule has 12 heteroatoms. The average Bonchev–Trinajstić information content (AvgIpc) is 2.88. The van der Waals surface area contributed by atoms with Gasteiger partial charge in [-0.1, -0.05) is 12.1 Å². The van der Waals surface area contributed by atoms with Gasteiger partial charge in [-0.2, -0.15) is 19.5 Å². The summed E-state index contributed by atoms with van der Waals surface area (Å²) < 4.78 is 31.6. The minimum absolute atomic E-state index is 0.233. The lowest BCUT2D eigenvalue weighted by molar-refractivity contribution is 0.182. The molecule has 3 aromatic rings. The number of hydrogen-bond acceptors (Lipinski definition) is 9. The van der Waals surface area contributed by atoms with Gasteiger partial charge < -0.3 is 15.8 Å². The molecule has 10 nitrogen and oxygen atoms in total. The number of piperazine rings is 1. The minimum Gasteiger partial charge on any atom is -0.437 e. The molecule has 0 saturated carbocycles.